The lowest BCUT2D eigenvalue weighted by molar-refractivity contribution is 0.0729. The van der Waals surface area contributed by atoms with Crippen molar-refractivity contribution in [1.82, 2.24) is 0 Å². The molecule has 1 fully saturated rings. The van der Waals surface area contributed by atoms with Crippen molar-refractivity contribution in [2.24, 2.45) is 0 Å². The van der Waals surface area contributed by atoms with Crippen LogP contribution in [0.1, 0.15) is 53.1 Å². The van der Waals surface area contributed by atoms with E-state index in [9.17, 15) is 13.6 Å². The van der Waals surface area contributed by atoms with Crippen molar-refractivity contribution in [3.05, 3.63) is 64.7 Å². The molecular formula is C20H20F2O2S. The maximum atomic E-state index is 13.8. The van der Waals surface area contributed by atoms with Crippen molar-refractivity contribution in [1.29, 1.82) is 0 Å². The van der Waals surface area contributed by atoms with Crippen LogP contribution in [0.25, 0.3) is 0 Å². The number of hydrogen-bond acceptors (Lipinski definition) is 3. The van der Waals surface area contributed by atoms with Gasteiger partial charge in [0.25, 0.3) is 0 Å². The Balaban J connectivity index is 1.69. The van der Waals surface area contributed by atoms with Crippen LogP contribution in [0.2, 0.25) is 0 Å². The molecule has 0 N–H and O–H groups in total. The summed E-state index contributed by atoms with van der Waals surface area (Å²) in [5.41, 5.74) is 0.946. The van der Waals surface area contributed by atoms with E-state index >= 15 is 0 Å². The molecule has 1 aliphatic rings. The minimum atomic E-state index is -0.903. The van der Waals surface area contributed by atoms with E-state index in [1.165, 1.54) is 12.5 Å². The third-order valence-electron chi connectivity index (χ3n) is 4.73. The van der Waals surface area contributed by atoms with Crippen molar-refractivity contribution >= 4 is 18.6 Å². The highest BCUT2D eigenvalue weighted by molar-refractivity contribution is 7.80. The van der Waals surface area contributed by atoms with Crippen LogP contribution in [0.4, 0.5) is 8.78 Å². The van der Waals surface area contributed by atoms with Gasteiger partial charge in [0.1, 0.15) is 17.4 Å². The van der Waals surface area contributed by atoms with Crippen LogP contribution in [0, 0.1) is 18.6 Å². The van der Waals surface area contributed by atoms with Gasteiger partial charge in [-0.25, -0.2) is 13.6 Å². The first-order valence-electron chi connectivity index (χ1n) is 8.40. The zero-order valence-corrected chi connectivity index (χ0v) is 14.9. The van der Waals surface area contributed by atoms with E-state index in [0.29, 0.717) is 16.9 Å². The molecule has 2 aromatic carbocycles. The molecule has 3 rings (SSSR count). The van der Waals surface area contributed by atoms with Crippen molar-refractivity contribution in [2.75, 3.05) is 0 Å². The number of benzene rings is 2. The standard InChI is InChI=1S/C20H20F2O2S/c1-12-10-19(22)17(11-18(12)21)20(23)24-15-6-2-13(3-7-15)14-4-8-16(25)9-5-14/h2-3,6-7,10-11,14,16,25H,4-5,8-9H2,1H3. The molecule has 0 saturated heterocycles. The summed E-state index contributed by atoms with van der Waals surface area (Å²) < 4.78 is 32.6. The van der Waals surface area contributed by atoms with E-state index in [4.69, 9.17) is 4.74 Å². The molecule has 0 aliphatic heterocycles. The molecule has 2 aromatic rings. The van der Waals surface area contributed by atoms with E-state index in [-0.39, 0.29) is 5.56 Å². The van der Waals surface area contributed by atoms with Crippen LogP contribution in [-0.4, -0.2) is 11.2 Å². The number of carbonyl (C=O) groups excluding carboxylic acids is 1. The lowest BCUT2D eigenvalue weighted by Gasteiger charge is -2.26. The Bertz CT molecular complexity index is 766. The summed E-state index contributed by atoms with van der Waals surface area (Å²) in [4.78, 5) is 12.1. The van der Waals surface area contributed by atoms with Crippen LogP contribution >= 0.6 is 12.6 Å². The Morgan fingerprint density at radius 1 is 1.04 bits per heavy atom. The summed E-state index contributed by atoms with van der Waals surface area (Å²) in [5, 5.41) is 0.487. The number of hydrogen-bond donors (Lipinski definition) is 1. The van der Waals surface area contributed by atoms with Crippen molar-refractivity contribution in [2.45, 2.75) is 43.8 Å². The van der Waals surface area contributed by atoms with E-state index < -0.39 is 23.2 Å². The summed E-state index contributed by atoms with van der Waals surface area (Å²) in [6.45, 7) is 1.44. The SMILES string of the molecule is Cc1cc(F)c(C(=O)Oc2ccc(C3CCC(S)CC3)cc2)cc1F. The molecule has 0 unspecified atom stereocenters. The highest BCUT2D eigenvalue weighted by atomic mass is 32.1. The summed E-state index contributed by atoms with van der Waals surface area (Å²) in [6.07, 6.45) is 4.40. The van der Waals surface area contributed by atoms with Gasteiger partial charge in [-0.15, -0.1) is 0 Å². The van der Waals surface area contributed by atoms with Crippen LogP contribution in [0.3, 0.4) is 0 Å². The monoisotopic (exact) mass is 362 g/mol. The number of carbonyl (C=O) groups is 1. The van der Waals surface area contributed by atoms with Crippen LogP contribution in [0.15, 0.2) is 36.4 Å². The number of ether oxygens (including phenoxy) is 1. The van der Waals surface area contributed by atoms with Gasteiger partial charge in [-0.3, -0.25) is 0 Å². The Hall–Kier alpha value is -1.88. The van der Waals surface area contributed by atoms with Crippen LogP contribution in [-0.2, 0) is 0 Å². The molecule has 5 heteroatoms. The van der Waals surface area contributed by atoms with E-state index in [0.717, 1.165) is 37.8 Å². The largest absolute Gasteiger partial charge is 0.423 e. The molecule has 1 aliphatic carbocycles. The number of halogens is 2. The normalized spacial score (nSPS) is 20.3. The number of thiol groups is 1. The van der Waals surface area contributed by atoms with Crippen LogP contribution < -0.4 is 4.74 Å². The maximum absolute atomic E-state index is 13.8. The fourth-order valence-electron chi connectivity index (χ4n) is 3.18. The van der Waals surface area contributed by atoms with E-state index in [1.54, 1.807) is 12.1 Å². The van der Waals surface area contributed by atoms with Gasteiger partial charge in [-0.2, -0.15) is 12.6 Å². The first-order valence-corrected chi connectivity index (χ1v) is 8.91. The predicted octanol–water partition coefficient (Wildman–Crippen LogP) is 5.45. The summed E-state index contributed by atoms with van der Waals surface area (Å²) in [7, 11) is 0. The van der Waals surface area contributed by atoms with Gasteiger partial charge in [0.2, 0.25) is 0 Å². The third-order valence-corrected chi connectivity index (χ3v) is 5.24. The number of rotatable bonds is 3. The van der Waals surface area contributed by atoms with Gasteiger partial charge < -0.3 is 4.74 Å². The average molecular weight is 362 g/mol. The molecule has 0 radical (unpaired) electrons. The predicted molar refractivity (Wildman–Crippen MR) is 96.5 cm³/mol. The smallest absolute Gasteiger partial charge is 0.346 e. The number of esters is 1. The zero-order valence-electron chi connectivity index (χ0n) is 14.0. The average Bonchev–Trinajstić information content (AvgIpc) is 2.59. The number of aryl methyl sites for hydroxylation is 1. The van der Waals surface area contributed by atoms with Crippen LogP contribution in [0.5, 0.6) is 5.75 Å². The summed E-state index contributed by atoms with van der Waals surface area (Å²) in [5.74, 6) is -1.51. The van der Waals surface area contributed by atoms with E-state index in [1.807, 2.05) is 12.1 Å². The lowest BCUT2D eigenvalue weighted by Crippen LogP contribution is -2.13. The van der Waals surface area contributed by atoms with Gasteiger partial charge in [0.15, 0.2) is 0 Å². The first kappa shape index (κ1) is 17.9. The maximum Gasteiger partial charge on any atom is 0.346 e. The molecule has 0 atom stereocenters. The van der Waals surface area contributed by atoms with Crippen molar-refractivity contribution in [3.63, 3.8) is 0 Å². The van der Waals surface area contributed by atoms with Gasteiger partial charge in [0, 0.05) is 5.25 Å². The van der Waals surface area contributed by atoms with Gasteiger partial charge in [-0.1, -0.05) is 12.1 Å². The molecule has 0 amide bonds. The fourth-order valence-corrected chi connectivity index (χ4v) is 3.48. The zero-order chi connectivity index (χ0) is 18.0. The topological polar surface area (TPSA) is 26.3 Å². The minimum absolute atomic E-state index is 0.148. The van der Waals surface area contributed by atoms with Gasteiger partial charge in [0.05, 0.1) is 5.56 Å². The summed E-state index contributed by atoms with van der Waals surface area (Å²) in [6, 6.07) is 9.12. The second-order valence-corrected chi connectivity index (χ2v) is 7.28. The second kappa shape index (κ2) is 7.56. The molecule has 1 saturated carbocycles. The van der Waals surface area contributed by atoms with E-state index in [2.05, 4.69) is 12.6 Å². The summed E-state index contributed by atoms with van der Waals surface area (Å²) >= 11 is 4.51. The second-order valence-electron chi connectivity index (χ2n) is 6.55. The highest BCUT2D eigenvalue weighted by Gasteiger charge is 2.21. The molecule has 0 heterocycles. The lowest BCUT2D eigenvalue weighted by atomic mass is 9.84. The van der Waals surface area contributed by atoms with Crippen molar-refractivity contribution < 1.29 is 18.3 Å². The first-order chi connectivity index (χ1) is 11.9. The fraction of sp³-hybridized carbons (Fsp3) is 0.350. The molecule has 0 aromatic heterocycles. The Morgan fingerprint density at radius 3 is 2.32 bits per heavy atom. The van der Waals surface area contributed by atoms with Gasteiger partial charge >= 0.3 is 5.97 Å². The minimum Gasteiger partial charge on any atom is -0.423 e. The highest BCUT2D eigenvalue weighted by Crippen LogP contribution is 2.35. The third kappa shape index (κ3) is 4.21. The van der Waals surface area contributed by atoms with Crippen molar-refractivity contribution in [3.8, 4) is 5.75 Å². The van der Waals surface area contributed by atoms with Gasteiger partial charge in [-0.05, 0) is 73.9 Å². The molecule has 132 valence electrons. The Kier molecular flexibility index (Phi) is 5.42. The molecule has 25 heavy (non-hydrogen) atoms. The molecule has 2 nitrogen and oxygen atoms in total. The molecule has 0 bridgehead atoms. The Morgan fingerprint density at radius 2 is 1.68 bits per heavy atom. The quantitative estimate of drug-likeness (QED) is 0.446. The Labute approximate surface area is 151 Å². The molecular weight excluding hydrogens is 342 g/mol. The molecule has 0 spiro atoms.